The average Bonchev–Trinajstić information content (AvgIpc) is 3.22. The highest BCUT2D eigenvalue weighted by Crippen LogP contribution is 2.40. The molecule has 2 heterocycles. The van der Waals surface area contributed by atoms with Gasteiger partial charge in [-0.1, -0.05) is 76.1 Å². The molecular formula is C28H26BrClN4O2. The lowest BCUT2D eigenvalue weighted by Gasteiger charge is -2.42. The number of aromatic nitrogens is 2. The van der Waals surface area contributed by atoms with Gasteiger partial charge in [-0.05, 0) is 57.0 Å². The molecule has 0 fully saturated rings. The third-order valence-electron chi connectivity index (χ3n) is 6.20. The van der Waals surface area contributed by atoms with E-state index in [0.29, 0.717) is 28.3 Å². The first kappa shape index (κ1) is 24.5. The minimum absolute atomic E-state index is 0.266. The second-order valence-electron chi connectivity index (χ2n) is 10.0. The molecule has 3 aromatic carbocycles. The number of carbonyl (C=O) groups is 2. The van der Waals surface area contributed by atoms with E-state index in [1.54, 1.807) is 21.7 Å². The van der Waals surface area contributed by atoms with Crippen molar-refractivity contribution in [2.45, 2.75) is 44.8 Å². The predicted molar refractivity (Wildman–Crippen MR) is 147 cm³/mol. The van der Waals surface area contributed by atoms with Gasteiger partial charge in [-0.3, -0.25) is 19.2 Å². The largest absolute Gasteiger partial charge is 0.350 e. The summed E-state index contributed by atoms with van der Waals surface area (Å²) < 4.78 is 2.50. The molecule has 184 valence electrons. The Bertz CT molecular complexity index is 1460. The van der Waals surface area contributed by atoms with E-state index in [9.17, 15) is 9.59 Å². The molecule has 0 spiro atoms. The molecule has 1 N–H and O–H groups in total. The lowest BCUT2D eigenvalue weighted by Crippen LogP contribution is -2.60. The van der Waals surface area contributed by atoms with Crippen LogP contribution in [0.2, 0.25) is 5.02 Å². The number of halogens is 2. The summed E-state index contributed by atoms with van der Waals surface area (Å²) in [6.45, 7) is 5.77. The second kappa shape index (κ2) is 9.37. The fourth-order valence-corrected chi connectivity index (χ4v) is 5.33. The van der Waals surface area contributed by atoms with Crippen molar-refractivity contribution in [3.63, 3.8) is 0 Å². The Balaban J connectivity index is 1.78. The monoisotopic (exact) mass is 564 g/mol. The minimum atomic E-state index is -0.884. The molecule has 0 saturated heterocycles. The van der Waals surface area contributed by atoms with E-state index in [0.717, 1.165) is 15.4 Å². The van der Waals surface area contributed by atoms with Crippen molar-refractivity contribution < 1.29 is 9.59 Å². The van der Waals surface area contributed by atoms with Gasteiger partial charge in [0.25, 0.3) is 5.91 Å². The number of amides is 2. The van der Waals surface area contributed by atoms with Crippen molar-refractivity contribution in [3.05, 3.63) is 93.5 Å². The Hall–Kier alpha value is -3.16. The lowest BCUT2D eigenvalue weighted by atomic mass is 9.92. The minimum Gasteiger partial charge on any atom is -0.350 e. The maximum Gasteiger partial charge on any atom is 0.278 e. The van der Waals surface area contributed by atoms with Crippen LogP contribution in [0.15, 0.2) is 77.3 Å². The third kappa shape index (κ3) is 4.53. The number of fused-ring (bicyclic) bond motifs is 3. The van der Waals surface area contributed by atoms with Gasteiger partial charge in [-0.15, -0.1) is 0 Å². The number of benzene rings is 3. The standard InChI is InChI=1S/C28H26BrClN4O2/c1-28(2,3)31-26(35)25-23(15-17-9-5-4-6-10-17)34-24(19-11-7-8-12-21(19)32-34)27(36)33(25)22-16-18(29)13-14-20(22)30/h4-14,16,23,25H,15H2,1-3H3,(H,31,35). The second-order valence-corrected chi connectivity index (χ2v) is 11.3. The van der Waals surface area contributed by atoms with Crippen LogP contribution in [0, 0.1) is 0 Å². The number of nitrogens with one attached hydrogen (secondary N) is 1. The first-order valence-corrected chi connectivity index (χ1v) is 12.9. The molecule has 2 amide bonds. The molecule has 1 aliphatic heterocycles. The van der Waals surface area contributed by atoms with Crippen molar-refractivity contribution in [1.29, 1.82) is 0 Å². The zero-order valence-corrected chi connectivity index (χ0v) is 22.5. The van der Waals surface area contributed by atoms with E-state index >= 15 is 0 Å². The molecular weight excluding hydrogens is 540 g/mol. The van der Waals surface area contributed by atoms with Crippen LogP contribution in [0.5, 0.6) is 0 Å². The SMILES string of the molecule is CC(C)(C)NC(=O)C1C(Cc2ccccc2)n2nc3ccccc3c2C(=O)N1c1cc(Br)ccc1Cl. The van der Waals surface area contributed by atoms with Crippen LogP contribution in [-0.4, -0.2) is 33.2 Å². The van der Waals surface area contributed by atoms with Gasteiger partial charge in [0, 0.05) is 15.4 Å². The molecule has 0 radical (unpaired) electrons. The molecule has 0 saturated carbocycles. The first-order chi connectivity index (χ1) is 17.1. The van der Waals surface area contributed by atoms with Crippen LogP contribution in [-0.2, 0) is 11.2 Å². The van der Waals surface area contributed by atoms with Gasteiger partial charge >= 0.3 is 0 Å². The smallest absolute Gasteiger partial charge is 0.278 e. The van der Waals surface area contributed by atoms with Gasteiger partial charge in [0.2, 0.25) is 5.91 Å². The Labute approximate surface area is 223 Å². The number of nitrogens with zero attached hydrogens (tertiary/aromatic N) is 3. The summed E-state index contributed by atoms with van der Waals surface area (Å²) in [5, 5.41) is 9.05. The van der Waals surface area contributed by atoms with Crippen molar-refractivity contribution in [1.82, 2.24) is 15.1 Å². The van der Waals surface area contributed by atoms with Crippen molar-refractivity contribution >= 4 is 55.9 Å². The zero-order valence-electron chi connectivity index (χ0n) is 20.2. The topological polar surface area (TPSA) is 67.2 Å². The number of rotatable bonds is 4. The fraction of sp³-hybridized carbons (Fsp3) is 0.250. The summed E-state index contributed by atoms with van der Waals surface area (Å²) in [7, 11) is 0. The maximum atomic E-state index is 14.2. The van der Waals surface area contributed by atoms with E-state index < -0.39 is 17.6 Å². The molecule has 5 rings (SSSR count). The molecule has 0 aliphatic carbocycles. The number of hydrogen-bond donors (Lipinski definition) is 1. The van der Waals surface area contributed by atoms with E-state index in [2.05, 4.69) is 21.2 Å². The maximum absolute atomic E-state index is 14.2. The molecule has 1 aliphatic rings. The fourth-order valence-electron chi connectivity index (χ4n) is 4.77. The van der Waals surface area contributed by atoms with E-state index in [-0.39, 0.29) is 11.8 Å². The highest BCUT2D eigenvalue weighted by atomic mass is 79.9. The zero-order chi connectivity index (χ0) is 25.6. The van der Waals surface area contributed by atoms with E-state index in [1.165, 1.54) is 0 Å². The highest BCUT2D eigenvalue weighted by molar-refractivity contribution is 9.10. The highest BCUT2D eigenvalue weighted by Gasteiger charge is 2.47. The third-order valence-corrected chi connectivity index (χ3v) is 7.02. The number of hydrogen-bond acceptors (Lipinski definition) is 3. The summed E-state index contributed by atoms with van der Waals surface area (Å²) in [6.07, 6.45) is 0.499. The van der Waals surface area contributed by atoms with Crippen molar-refractivity contribution in [2.24, 2.45) is 0 Å². The Morgan fingerprint density at radius 3 is 2.47 bits per heavy atom. The lowest BCUT2D eigenvalue weighted by molar-refractivity contribution is -0.125. The van der Waals surface area contributed by atoms with Gasteiger partial charge in [0.1, 0.15) is 11.7 Å². The molecule has 2 atom stereocenters. The summed E-state index contributed by atoms with van der Waals surface area (Å²) in [5.74, 6) is -0.583. The number of anilines is 1. The molecule has 0 bridgehead atoms. The molecule has 8 heteroatoms. The first-order valence-electron chi connectivity index (χ1n) is 11.8. The van der Waals surface area contributed by atoms with Crippen LogP contribution < -0.4 is 10.2 Å². The normalized spacial score (nSPS) is 17.8. The Morgan fingerprint density at radius 2 is 1.75 bits per heavy atom. The van der Waals surface area contributed by atoms with Crippen LogP contribution in [0.1, 0.15) is 42.9 Å². The van der Waals surface area contributed by atoms with Gasteiger partial charge in [0.15, 0.2) is 0 Å². The number of carbonyl (C=O) groups excluding carboxylic acids is 2. The summed E-state index contributed by atoms with van der Waals surface area (Å²) in [4.78, 5) is 29.8. The molecule has 1 aromatic heterocycles. The van der Waals surface area contributed by atoms with Gasteiger partial charge in [-0.25, -0.2) is 0 Å². The quantitative estimate of drug-likeness (QED) is 0.321. The van der Waals surface area contributed by atoms with E-state index in [1.807, 2.05) is 81.4 Å². The van der Waals surface area contributed by atoms with Crippen molar-refractivity contribution in [2.75, 3.05) is 4.90 Å². The van der Waals surface area contributed by atoms with E-state index in [4.69, 9.17) is 16.7 Å². The summed E-state index contributed by atoms with van der Waals surface area (Å²) >= 11 is 10.2. The molecule has 36 heavy (non-hydrogen) atoms. The van der Waals surface area contributed by atoms with Crippen molar-refractivity contribution in [3.8, 4) is 0 Å². The van der Waals surface area contributed by atoms with Crippen LogP contribution in [0.3, 0.4) is 0 Å². The summed E-state index contributed by atoms with van der Waals surface area (Å²) in [5.41, 5.74) is 2.16. The predicted octanol–water partition coefficient (Wildman–Crippen LogP) is 6.18. The van der Waals surface area contributed by atoms with Crippen LogP contribution in [0.25, 0.3) is 10.9 Å². The molecule has 2 unspecified atom stereocenters. The average molecular weight is 566 g/mol. The molecule has 6 nitrogen and oxygen atoms in total. The van der Waals surface area contributed by atoms with Crippen LogP contribution in [0.4, 0.5) is 5.69 Å². The Morgan fingerprint density at radius 1 is 1.06 bits per heavy atom. The molecule has 4 aromatic rings. The summed E-state index contributed by atoms with van der Waals surface area (Å²) in [6, 6.07) is 21.5. The Kier molecular flexibility index (Phi) is 6.39. The van der Waals surface area contributed by atoms with Crippen LogP contribution >= 0.6 is 27.5 Å². The van der Waals surface area contributed by atoms with Gasteiger partial charge in [0.05, 0.1) is 22.3 Å². The van der Waals surface area contributed by atoms with Gasteiger partial charge < -0.3 is 5.32 Å². The van der Waals surface area contributed by atoms with Gasteiger partial charge in [-0.2, -0.15) is 5.10 Å².